The fourth-order valence-corrected chi connectivity index (χ4v) is 3.02. The lowest BCUT2D eigenvalue weighted by Gasteiger charge is -2.20. The summed E-state index contributed by atoms with van der Waals surface area (Å²) in [7, 11) is 2.90. The third-order valence-corrected chi connectivity index (χ3v) is 4.43. The summed E-state index contributed by atoms with van der Waals surface area (Å²) in [6.45, 7) is -1.74. The molecule has 31 heavy (non-hydrogen) atoms. The Labute approximate surface area is 178 Å². The highest BCUT2D eigenvalue weighted by Crippen LogP contribution is 2.40. The van der Waals surface area contributed by atoms with Gasteiger partial charge in [0.05, 0.1) is 14.2 Å². The van der Waals surface area contributed by atoms with Gasteiger partial charge < -0.3 is 29.0 Å². The van der Waals surface area contributed by atoms with Crippen molar-refractivity contribution in [3.63, 3.8) is 0 Å². The zero-order valence-corrected chi connectivity index (χ0v) is 17.2. The summed E-state index contributed by atoms with van der Waals surface area (Å²) in [4.78, 5) is 12.1. The van der Waals surface area contributed by atoms with Crippen LogP contribution in [0.15, 0.2) is 36.4 Å². The third-order valence-electron chi connectivity index (χ3n) is 4.43. The number of hydrogen-bond acceptors (Lipinski definition) is 6. The zero-order valence-electron chi connectivity index (χ0n) is 17.2. The average molecular weight is 435 g/mol. The molecule has 1 aliphatic rings. The maximum atomic E-state index is 12.5. The van der Waals surface area contributed by atoms with Crippen molar-refractivity contribution >= 4 is 12.0 Å². The molecule has 2 aromatic rings. The number of methoxy groups -OCH3 is 2. The fourth-order valence-electron chi connectivity index (χ4n) is 3.02. The molecule has 0 aromatic heterocycles. The second kappa shape index (κ2) is 10.5. The molecule has 9 heteroatoms. The monoisotopic (exact) mass is 435 g/mol. The van der Waals surface area contributed by atoms with E-state index >= 15 is 0 Å². The van der Waals surface area contributed by atoms with Gasteiger partial charge in [-0.25, -0.2) is 0 Å². The first-order valence-corrected chi connectivity index (χ1v) is 9.55. The highest BCUT2D eigenvalue weighted by atomic mass is 19.3. The van der Waals surface area contributed by atoms with Crippen LogP contribution in [0.1, 0.15) is 11.1 Å². The van der Waals surface area contributed by atoms with Crippen molar-refractivity contribution in [2.24, 2.45) is 0 Å². The Bertz CT molecular complexity index is 931. The molecule has 0 saturated heterocycles. The van der Waals surface area contributed by atoms with Crippen LogP contribution in [0.25, 0.3) is 6.08 Å². The maximum Gasteiger partial charge on any atom is 0.387 e. The Morgan fingerprint density at radius 3 is 2.61 bits per heavy atom. The number of rotatable bonds is 9. The number of hydrogen-bond donors (Lipinski definition) is 1. The number of alkyl halides is 2. The van der Waals surface area contributed by atoms with E-state index in [0.717, 1.165) is 11.1 Å². The summed E-state index contributed by atoms with van der Waals surface area (Å²) in [5.41, 5.74) is 1.44. The molecule has 166 valence electrons. The summed E-state index contributed by atoms with van der Waals surface area (Å²) < 4.78 is 51.0. The average Bonchev–Trinajstić information content (AvgIpc) is 2.77. The minimum Gasteiger partial charge on any atom is -0.493 e. The number of fused-ring (bicyclic) bond motifs is 1. The molecule has 0 radical (unpaired) electrons. The third kappa shape index (κ3) is 6.00. The van der Waals surface area contributed by atoms with Crippen molar-refractivity contribution in [1.29, 1.82) is 0 Å². The van der Waals surface area contributed by atoms with Crippen LogP contribution in [0.4, 0.5) is 8.78 Å². The van der Waals surface area contributed by atoms with E-state index in [9.17, 15) is 13.6 Å². The van der Waals surface area contributed by atoms with Crippen LogP contribution in [-0.4, -0.2) is 46.5 Å². The molecule has 0 aliphatic carbocycles. The van der Waals surface area contributed by atoms with Gasteiger partial charge >= 0.3 is 6.61 Å². The van der Waals surface area contributed by atoms with Gasteiger partial charge in [-0.1, -0.05) is 6.07 Å². The topological polar surface area (TPSA) is 75.3 Å². The quantitative estimate of drug-likeness (QED) is 0.609. The molecule has 0 atom stereocenters. The molecule has 1 heterocycles. The lowest BCUT2D eigenvalue weighted by atomic mass is 10.1. The van der Waals surface area contributed by atoms with Crippen molar-refractivity contribution in [3.05, 3.63) is 47.5 Å². The van der Waals surface area contributed by atoms with Gasteiger partial charge in [-0.2, -0.15) is 8.78 Å². The Balaban J connectivity index is 1.56. The number of carbonyl (C=O) groups excluding carboxylic acids is 1. The summed E-state index contributed by atoms with van der Waals surface area (Å²) >= 11 is 0. The van der Waals surface area contributed by atoms with E-state index in [1.807, 2.05) is 0 Å². The van der Waals surface area contributed by atoms with E-state index < -0.39 is 6.61 Å². The zero-order chi connectivity index (χ0) is 22.2. The molecule has 2 aromatic carbocycles. The Morgan fingerprint density at radius 2 is 1.87 bits per heavy atom. The van der Waals surface area contributed by atoms with Crippen LogP contribution >= 0.6 is 0 Å². The van der Waals surface area contributed by atoms with Gasteiger partial charge in [-0.15, -0.1) is 0 Å². The normalized spacial score (nSPS) is 12.7. The maximum absolute atomic E-state index is 12.5. The molecule has 0 spiro atoms. The molecule has 3 rings (SSSR count). The van der Waals surface area contributed by atoms with E-state index in [1.165, 1.54) is 26.4 Å². The van der Waals surface area contributed by atoms with E-state index in [2.05, 4.69) is 10.1 Å². The van der Waals surface area contributed by atoms with E-state index in [0.29, 0.717) is 43.4 Å². The summed E-state index contributed by atoms with van der Waals surface area (Å²) in [6, 6.07) is 8.25. The van der Waals surface area contributed by atoms with Gasteiger partial charge in [-0.3, -0.25) is 4.79 Å². The number of carbonyl (C=O) groups is 1. The number of benzene rings is 2. The minimum absolute atomic E-state index is 0.0474. The van der Waals surface area contributed by atoms with Crippen molar-refractivity contribution in [3.8, 4) is 28.7 Å². The number of amides is 1. The molecule has 1 aliphatic heterocycles. The second-order valence-electron chi connectivity index (χ2n) is 6.49. The molecule has 0 fully saturated rings. The Kier molecular flexibility index (Phi) is 7.53. The van der Waals surface area contributed by atoms with Crippen LogP contribution < -0.4 is 29.0 Å². The summed E-state index contributed by atoms with van der Waals surface area (Å²) in [5.74, 6) is 1.50. The molecule has 0 saturated carbocycles. The smallest absolute Gasteiger partial charge is 0.387 e. The van der Waals surface area contributed by atoms with E-state index in [4.69, 9.17) is 18.9 Å². The first-order valence-electron chi connectivity index (χ1n) is 9.55. The van der Waals surface area contributed by atoms with Crippen molar-refractivity contribution < 1.29 is 37.3 Å². The van der Waals surface area contributed by atoms with Crippen LogP contribution in [0.5, 0.6) is 28.7 Å². The van der Waals surface area contributed by atoms with Gasteiger partial charge in [-0.05, 0) is 47.9 Å². The molecule has 1 N–H and O–H groups in total. The molecule has 0 unspecified atom stereocenters. The lowest BCUT2D eigenvalue weighted by Crippen LogP contribution is -2.23. The first kappa shape index (κ1) is 22.2. The fraction of sp³-hybridized carbons (Fsp3) is 0.318. The van der Waals surface area contributed by atoms with Gasteiger partial charge in [0, 0.05) is 12.6 Å². The van der Waals surface area contributed by atoms with E-state index in [-0.39, 0.29) is 17.4 Å². The molecular formula is C22H23F2NO6. The Hall–Kier alpha value is -3.49. The van der Waals surface area contributed by atoms with E-state index in [1.54, 1.807) is 30.3 Å². The predicted octanol–water partition coefficient (Wildman–Crippen LogP) is 3.45. The molecule has 0 bridgehead atoms. The lowest BCUT2D eigenvalue weighted by molar-refractivity contribution is -0.116. The van der Waals surface area contributed by atoms with Crippen molar-refractivity contribution in [1.82, 2.24) is 5.32 Å². The van der Waals surface area contributed by atoms with Gasteiger partial charge in [0.25, 0.3) is 0 Å². The molecule has 7 nitrogen and oxygen atoms in total. The number of halogens is 2. The van der Waals surface area contributed by atoms with Crippen molar-refractivity contribution in [2.45, 2.75) is 13.0 Å². The molecule has 1 amide bonds. The number of nitrogens with one attached hydrogen (secondary N) is 1. The van der Waals surface area contributed by atoms with Gasteiger partial charge in [0.2, 0.25) is 11.7 Å². The largest absolute Gasteiger partial charge is 0.493 e. The summed E-state index contributed by atoms with van der Waals surface area (Å²) in [5, 5.41) is 2.75. The van der Waals surface area contributed by atoms with Crippen LogP contribution in [0.3, 0.4) is 0 Å². The molecular weight excluding hydrogens is 412 g/mol. The SMILES string of the molecule is COc1ccc(CCNC(=O)/C=C/c2cc(OC)c3c(c2)OCCO3)cc1OC(F)F. The first-order chi connectivity index (χ1) is 15.0. The standard InChI is InChI=1S/C22H23F2NO6/c1-27-16-5-3-14(11-17(16)31-22(23)24)7-8-25-20(26)6-4-15-12-18(28-2)21-19(13-15)29-9-10-30-21/h3-6,11-13,22H,7-10H2,1-2H3,(H,25,26)/b6-4+. The number of ether oxygens (including phenoxy) is 5. The minimum atomic E-state index is -2.95. The Morgan fingerprint density at radius 1 is 1.10 bits per heavy atom. The van der Waals surface area contributed by atoms with Crippen LogP contribution in [-0.2, 0) is 11.2 Å². The van der Waals surface area contributed by atoms with Crippen molar-refractivity contribution in [2.75, 3.05) is 34.0 Å². The van der Waals surface area contributed by atoms with Gasteiger partial charge in [0.15, 0.2) is 23.0 Å². The van der Waals surface area contributed by atoms with Gasteiger partial charge in [0.1, 0.15) is 13.2 Å². The van der Waals surface area contributed by atoms with Crippen LogP contribution in [0.2, 0.25) is 0 Å². The van der Waals surface area contributed by atoms with Crippen LogP contribution in [0, 0.1) is 0 Å². The second-order valence-corrected chi connectivity index (χ2v) is 6.49. The highest BCUT2D eigenvalue weighted by molar-refractivity contribution is 5.91. The summed E-state index contributed by atoms with van der Waals surface area (Å²) in [6.07, 6.45) is 3.46. The highest BCUT2D eigenvalue weighted by Gasteiger charge is 2.18. The predicted molar refractivity (Wildman–Crippen MR) is 109 cm³/mol.